The lowest BCUT2D eigenvalue weighted by Crippen LogP contribution is -2.32. The standard InChI is InChI=1S/C6H14O3.C5H12O2.5C4H6O2/c1-2-6(3-7,4-8)5-9;6-4-2-1-3-5-7;5*1-3(2)4(5)6/h7-9H,2-5H2,1H3;6-7H,1-5H2;5*1H2,2H3,(H,5,6). The van der Waals surface area contributed by atoms with E-state index in [2.05, 4.69) is 32.9 Å². The van der Waals surface area contributed by atoms with Crippen molar-refractivity contribution in [3.05, 3.63) is 60.8 Å². The van der Waals surface area contributed by atoms with Gasteiger partial charge in [0.05, 0.1) is 19.8 Å². The molecule has 10 N–H and O–H groups in total. The van der Waals surface area contributed by atoms with Gasteiger partial charge in [0, 0.05) is 46.5 Å². The van der Waals surface area contributed by atoms with Crippen molar-refractivity contribution in [2.24, 2.45) is 5.41 Å². The first kappa shape index (κ1) is 57.5. The SMILES string of the molecule is C=C(C)C(=O)O.C=C(C)C(=O)O.C=C(C)C(=O)O.C=C(C)C(=O)O.C=C(C)C(=O)O.CCC(CO)(CO)CO.OCCCCCO. The molecule has 0 fully saturated rings. The maximum absolute atomic E-state index is 9.60. The lowest BCUT2D eigenvalue weighted by atomic mass is 9.88. The first-order chi connectivity index (χ1) is 20.9. The minimum atomic E-state index is -0.935. The molecule has 15 heteroatoms. The summed E-state index contributed by atoms with van der Waals surface area (Å²) in [5, 5.41) is 81.8. The molecule has 15 nitrogen and oxygen atoms in total. The van der Waals surface area contributed by atoms with Crippen molar-refractivity contribution in [1.29, 1.82) is 0 Å². The van der Waals surface area contributed by atoms with Crippen LogP contribution in [0.4, 0.5) is 0 Å². The second-order valence-corrected chi connectivity index (χ2v) is 9.26. The Balaban J connectivity index is -0.0000000776. The average Bonchev–Trinajstić information content (AvgIpc) is 2.96. The van der Waals surface area contributed by atoms with Crippen LogP contribution >= 0.6 is 0 Å². The van der Waals surface area contributed by atoms with Gasteiger partial charge in [-0.15, -0.1) is 0 Å². The van der Waals surface area contributed by atoms with E-state index in [9.17, 15) is 24.0 Å². The van der Waals surface area contributed by atoms with E-state index >= 15 is 0 Å². The van der Waals surface area contributed by atoms with Crippen molar-refractivity contribution in [3.63, 3.8) is 0 Å². The highest BCUT2D eigenvalue weighted by atomic mass is 16.4. The predicted molar refractivity (Wildman–Crippen MR) is 174 cm³/mol. The van der Waals surface area contributed by atoms with E-state index in [4.69, 9.17) is 51.1 Å². The number of rotatable bonds is 13. The van der Waals surface area contributed by atoms with Gasteiger partial charge in [0.2, 0.25) is 0 Å². The fraction of sp³-hybridized carbons (Fsp3) is 0.516. The van der Waals surface area contributed by atoms with Crippen LogP contribution in [0, 0.1) is 5.41 Å². The monoisotopic (exact) mass is 668 g/mol. The normalized spacial score (nSPS) is 8.67. The number of hydrogen-bond acceptors (Lipinski definition) is 10. The predicted octanol–water partition coefficient (Wildman–Crippen LogP) is 2.74. The molecule has 0 bridgehead atoms. The van der Waals surface area contributed by atoms with Crippen LogP contribution in [-0.2, 0) is 24.0 Å². The van der Waals surface area contributed by atoms with Gasteiger partial charge in [-0.3, -0.25) is 0 Å². The summed E-state index contributed by atoms with van der Waals surface area (Å²) < 4.78 is 0. The first-order valence-corrected chi connectivity index (χ1v) is 13.4. The molecule has 0 aliphatic heterocycles. The zero-order valence-electron chi connectivity index (χ0n) is 27.9. The number of carbonyl (C=O) groups is 5. The van der Waals surface area contributed by atoms with Crippen LogP contribution in [0.15, 0.2) is 60.8 Å². The minimum absolute atomic E-state index is 0.156. The molecule has 270 valence electrons. The molecule has 0 aromatic carbocycles. The maximum atomic E-state index is 9.60. The van der Waals surface area contributed by atoms with E-state index in [0.717, 1.165) is 19.3 Å². The van der Waals surface area contributed by atoms with Gasteiger partial charge in [0.1, 0.15) is 0 Å². The highest BCUT2D eigenvalue weighted by Crippen LogP contribution is 2.18. The second kappa shape index (κ2) is 38.9. The van der Waals surface area contributed by atoms with Crippen LogP contribution in [-0.4, -0.2) is 114 Å². The molecule has 0 heterocycles. The third-order valence-electron chi connectivity index (χ3n) is 4.40. The number of carboxylic acid groups (broad SMARTS) is 5. The molecule has 0 radical (unpaired) electrons. The van der Waals surface area contributed by atoms with E-state index in [1.165, 1.54) is 34.6 Å². The molecule has 0 atom stereocenters. The van der Waals surface area contributed by atoms with Crippen LogP contribution in [0.2, 0.25) is 0 Å². The van der Waals surface area contributed by atoms with Crippen LogP contribution in [0.5, 0.6) is 0 Å². The van der Waals surface area contributed by atoms with Gasteiger partial charge in [-0.25, -0.2) is 24.0 Å². The summed E-state index contributed by atoms with van der Waals surface area (Å²) in [6.45, 7) is 24.9. The molecule has 0 spiro atoms. The topological polar surface area (TPSA) is 288 Å². The number of hydrogen-bond donors (Lipinski definition) is 10. The van der Waals surface area contributed by atoms with E-state index in [-0.39, 0.29) is 60.9 Å². The summed E-state index contributed by atoms with van der Waals surface area (Å²) in [5.74, 6) is -4.68. The molecular formula is C31H56O15. The minimum Gasteiger partial charge on any atom is -0.478 e. The molecule has 0 aliphatic carbocycles. The van der Waals surface area contributed by atoms with E-state index in [0.29, 0.717) is 6.42 Å². The Kier molecular flexibility index (Phi) is 48.6. The Morgan fingerprint density at radius 2 is 0.587 bits per heavy atom. The Morgan fingerprint density at radius 1 is 0.435 bits per heavy atom. The Bertz CT molecular complexity index is 709. The van der Waals surface area contributed by atoms with Gasteiger partial charge in [-0.05, 0) is 60.3 Å². The summed E-state index contributed by atoms with van der Waals surface area (Å²) in [7, 11) is 0. The molecule has 0 unspecified atom stereocenters. The van der Waals surface area contributed by atoms with Crippen molar-refractivity contribution < 1.29 is 75.0 Å². The van der Waals surface area contributed by atoms with Crippen LogP contribution < -0.4 is 0 Å². The average molecular weight is 669 g/mol. The maximum Gasteiger partial charge on any atom is 0.330 e. The lowest BCUT2D eigenvalue weighted by Gasteiger charge is -2.24. The molecule has 0 saturated heterocycles. The highest BCUT2D eigenvalue weighted by molar-refractivity contribution is 5.86. The molecule has 0 aromatic rings. The van der Waals surface area contributed by atoms with Gasteiger partial charge in [-0.1, -0.05) is 39.8 Å². The van der Waals surface area contributed by atoms with Crippen molar-refractivity contribution in [3.8, 4) is 0 Å². The van der Waals surface area contributed by atoms with E-state index in [1.807, 2.05) is 6.92 Å². The third kappa shape index (κ3) is 59.3. The van der Waals surface area contributed by atoms with Gasteiger partial charge in [-0.2, -0.15) is 0 Å². The summed E-state index contributed by atoms with van der Waals surface area (Å²) in [6, 6.07) is 0. The van der Waals surface area contributed by atoms with Crippen LogP contribution in [0.3, 0.4) is 0 Å². The van der Waals surface area contributed by atoms with Crippen molar-refractivity contribution in [2.75, 3.05) is 33.0 Å². The fourth-order valence-electron chi connectivity index (χ4n) is 0.886. The van der Waals surface area contributed by atoms with Gasteiger partial charge in [0.25, 0.3) is 0 Å². The van der Waals surface area contributed by atoms with Crippen LogP contribution in [0.25, 0.3) is 0 Å². The summed E-state index contributed by atoms with van der Waals surface area (Å²) >= 11 is 0. The van der Waals surface area contributed by atoms with Crippen molar-refractivity contribution in [2.45, 2.75) is 67.2 Å². The van der Waals surface area contributed by atoms with Gasteiger partial charge in [0.15, 0.2) is 0 Å². The second-order valence-electron chi connectivity index (χ2n) is 9.26. The molecule has 0 rings (SSSR count). The third-order valence-corrected chi connectivity index (χ3v) is 4.40. The zero-order valence-corrected chi connectivity index (χ0v) is 27.9. The Hall–Kier alpha value is -4.15. The molecule has 46 heavy (non-hydrogen) atoms. The van der Waals surface area contributed by atoms with Crippen molar-refractivity contribution >= 4 is 29.8 Å². The van der Waals surface area contributed by atoms with E-state index in [1.54, 1.807) is 0 Å². The Labute approximate surface area is 271 Å². The fourth-order valence-corrected chi connectivity index (χ4v) is 0.886. The zero-order chi connectivity index (χ0) is 38.6. The molecular weight excluding hydrogens is 612 g/mol. The summed E-state index contributed by atoms with van der Waals surface area (Å²) in [5.41, 5.74) is 0.213. The smallest absolute Gasteiger partial charge is 0.330 e. The first-order valence-electron chi connectivity index (χ1n) is 13.4. The number of unbranched alkanes of at least 4 members (excludes halogenated alkanes) is 2. The number of aliphatic hydroxyl groups is 5. The molecule has 0 aromatic heterocycles. The number of aliphatic carboxylic acids is 5. The molecule has 0 saturated carbocycles. The molecule has 0 aliphatic rings. The summed E-state index contributed by atoms with van der Waals surface area (Å²) in [6.07, 6.45) is 3.17. The van der Waals surface area contributed by atoms with Crippen LogP contribution in [0.1, 0.15) is 67.2 Å². The number of aliphatic hydroxyl groups excluding tert-OH is 5. The largest absolute Gasteiger partial charge is 0.478 e. The van der Waals surface area contributed by atoms with E-state index < -0.39 is 35.3 Å². The molecule has 0 amide bonds. The summed E-state index contributed by atoms with van der Waals surface area (Å²) in [4.78, 5) is 48.0. The lowest BCUT2D eigenvalue weighted by molar-refractivity contribution is -0.133. The quantitative estimate of drug-likeness (QED) is 0.0997. The van der Waals surface area contributed by atoms with Crippen molar-refractivity contribution in [1.82, 2.24) is 0 Å². The highest BCUT2D eigenvalue weighted by Gasteiger charge is 2.24. The Morgan fingerprint density at radius 3 is 0.630 bits per heavy atom. The van der Waals surface area contributed by atoms with Gasteiger partial charge >= 0.3 is 29.8 Å². The number of carboxylic acids is 5. The van der Waals surface area contributed by atoms with Gasteiger partial charge < -0.3 is 51.1 Å².